The molecule has 156 valence electrons. The minimum absolute atomic E-state index is 0.168. The minimum Gasteiger partial charge on any atom is -0.495 e. The van der Waals surface area contributed by atoms with E-state index in [0.29, 0.717) is 38.1 Å². The van der Waals surface area contributed by atoms with Gasteiger partial charge in [0.1, 0.15) is 17.1 Å². The van der Waals surface area contributed by atoms with Crippen molar-refractivity contribution in [2.24, 2.45) is 0 Å². The summed E-state index contributed by atoms with van der Waals surface area (Å²) in [6.07, 6.45) is 2.89. The number of halogens is 3. The van der Waals surface area contributed by atoms with Crippen molar-refractivity contribution < 1.29 is 18.3 Å². The number of benzene rings is 3. The summed E-state index contributed by atoms with van der Waals surface area (Å²) in [6, 6.07) is 14.4. The average Bonchev–Trinajstić information content (AvgIpc) is 3.15. The molecule has 1 N–H and O–H groups in total. The monoisotopic (exact) mass is 456 g/mol. The number of nitrogens with zero attached hydrogens (tertiary/aromatic N) is 1. The maximum Gasteiger partial charge on any atom is 0.248 e. The number of carbonyl (C=O) groups is 1. The van der Waals surface area contributed by atoms with Crippen molar-refractivity contribution in [2.75, 3.05) is 12.4 Å². The number of fused-ring (bicyclic) bond motifs is 1. The van der Waals surface area contributed by atoms with Crippen LogP contribution in [0.4, 0.5) is 10.1 Å². The quantitative estimate of drug-likeness (QED) is 0.343. The summed E-state index contributed by atoms with van der Waals surface area (Å²) >= 11 is 12.1. The number of rotatable bonds is 5. The minimum atomic E-state index is -0.427. The van der Waals surface area contributed by atoms with Gasteiger partial charge < -0.3 is 14.5 Å². The molecule has 0 aliphatic heterocycles. The molecular weight excluding hydrogens is 442 g/mol. The van der Waals surface area contributed by atoms with Crippen LogP contribution in [0.5, 0.6) is 5.75 Å². The zero-order valence-electron chi connectivity index (χ0n) is 16.2. The first kappa shape index (κ1) is 20.9. The highest BCUT2D eigenvalue weighted by molar-refractivity contribution is 6.36. The molecule has 0 atom stereocenters. The van der Waals surface area contributed by atoms with E-state index < -0.39 is 5.82 Å². The number of oxazole rings is 1. The number of nitrogens with one attached hydrogen (secondary N) is 1. The SMILES string of the molecule is COc1c(Cl)cc(Cl)cc1/C=C/C(=O)Nc1ccc2oc(-c3ccccc3F)nc2c1. The van der Waals surface area contributed by atoms with E-state index in [1.165, 1.54) is 19.3 Å². The zero-order chi connectivity index (χ0) is 22.0. The molecule has 4 rings (SSSR count). The summed E-state index contributed by atoms with van der Waals surface area (Å²) in [7, 11) is 1.48. The van der Waals surface area contributed by atoms with E-state index in [1.54, 1.807) is 54.6 Å². The Morgan fingerprint density at radius 3 is 2.74 bits per heavy atom. The number of ether oxygens (including phenoxy) is 1. The van der Waals surface area contributed by atoms with Gasteiger partial charge in [0, 0.05) is 22.3 Å². The Bertz CT molecular complexity index is 1320. The van der Waals surface area contributed by atoms with Crippen LogP contribution in [0, 0.1) is 5.82 Å². The fourth-order valence-corrected chi connectivity index (χ4v) is 3.61. The molecule has 3 aromatic carbocycles. The molecule has 0 bridgehead atoms. The lowest BCUT2D eigenvalue weighted by atomic mass is 10.2. The van der Waals surface area contributed by atoms with Crippen LogP contribution in [0.3, 0.4) is 0 Å². The second-order valence-corrected chi connectivity index (χ2v) is 7.36. The highest BCUT2D eigenvalue weighted by Gasteiger charge is 2.13. The molecule has 0 unspecified atom stereocenters. The number of hydrogen-bond acceptors (Lipinski definition) is 4. The number of hydrogen-bond donors (Lipinski definition) is 1. The van der Waals surface area contributed by atoms with E-state index >= 15 is 0 Å². The van der Waals surface area contributed by atoms with Crippen LogP contribution in [0.2, 0.25) is 10.0 Å². The average molecular weight is 457 g/mol. The molecule has 0 spiro atoms. The summed E-state index contributed by atoms with van der Waals surface area (Å²) in [4.78, 5) is 16.7. The van der Waals surface area contributed by atoms with E-state index in [-0.39, 0.29) is 17.4 Å². The van der Waals surface area contributed by atoms with Crippen molar-refractivity contribution in [1.82, 2.24) is 4.98 Å². The first-order valence-electron chi connectivity index (χ1n) is 9.12. The molecule has 5 nitrogen and oxygen atoms in total. The van der Waals surface area contributed by atoms with Gasteiger partial charge in [-0.1, -0.05) is 35.3 Å². The molecule has 4 aromatic rings. The highest BCUT2D eigenvalue weighted by atomic mass is 35.5. The molecule has 0 saturated carbocycles. The molecular formula is C23H15Cl2FN2O3. The predicted molar refractivity (Wildman–Crippen MR) is 120 cm³/mol. The Kier molecular flexibility index (Phi) is 5.93. The molecule has 0 aliphatic rings. The Labute approximate surface area is 187 Å². The van der Waals surface area contributed by atoms with Gasteiger partial charge in [0.25, 0.3) is 0 Å². The molecule has 8 heteroatoms. The lowest BCUT2D eigenvalue weighted by Gasteiger charge is -2.08. The summed E-state index contributed by atoms with van der Waals surface area (Å²) in [5, 5.41) is 3.51. The van der Waals surface area contributed by atoms with Gasteiger partial charge in [-0.05, 0) is 48.5 Å². The topological polar surface area (TPSA) is 64.4 Å². The van der Waals surface area contributed by atoms with Gasteiger partial charge in [0.2, 0.25) is 11.8 Å². The fourth-order valence-electron chi connectivity index (χ4n) is 3.02. The second kappa shape index (κ2) is 8.79. The molecule has 1 aromatic heterocycles. The lowest BCUT2D eigenvalue weighted by molar-refractivity contribution is -0.111. The van der Waals surface area contributed by atoms with Crippen molar-refractivity contribution in [3.05, 3.63) is 82.1 Å². The normalized spacial score (nSPS) is 11.2. The maximum absolute atomic E-state index is 14.0. The van der Waals surface area contributed by atoms with Crippen LogP contribution >= 0.6 is 23.2 Å². The zero-order valence-corrected chi connectivity index (χ0v) is 17.7. The first-order chi connectivity index (χ1) is 14.9. The van der Waals surface area contributed by atoms with Gasteiger partial charge in [-0.2, -0.15) is 0 Å². The van der Waals surface area contributed by atoms with Gasteiger partial charge >= 0.3 is 0 Å². The predicted octanol–water partition coefficient (Wildman–Crippen LogP) is 6.60. The third kappa shape index (κ3) is 4.55. The Hall–Kier alpha value is -3.35. The molecule has 0 fully saturated rings. The van der Waals surface area contributed by atoms with Crippen LogP contribution in [0.1, 0.15) is 5.56 Å². The van der Waals surface area contributed by atoms with Gasteiger partial charge in [0.15, 0.2) is 5.58 Å². The summed E-state index contributed by atoms with van der Waals surface area (Å²) < 4.78 is 24.9. The summed E-state index contributed by atoms with van der Waals surface area (Å²) in [6.45, 7) is 0. The highest BCUT2D eigenvalue weighted by Crippen LogP contribution is 2.33. The van der Waals surface area contributed by atoms with Gasteiger partial charge in [-0.25, -0.2) is 9.37 Å². The molecule has 1 heterocycles. The lowest BCUT2D eigenvalue weighted by Crippen LogP contribution is -2.07. The molecule has 31 heavy (non-hydrogen) atoms. The van der Waals surface area contributed by atoms with E-state index in [1.807, 2.05) is 0 Å². The largest absolute Gasteiger partial charge is 0.495 e. The van der Waals surface area contributed by atoms with Gasteiger partial charge in [-0.3, -0.25) is 4.79 Å². The Morgan fingerprint density at radius 1 is 1.16 bits per heavy atom. The summed E-state index contributed by atoms with van der Waals surface area (Å²) in [5.74, 6) is -0.221. The Morgan fingerprint density at radius 2 is 1.97 bits per heavy atom. The third-order valence-electron chi connectivity index (χ3n) is 4.41. The van der Waals surface area contributed by atoms with Gasteiger partial charge in [0.05, 0.1) is 17.7 Å². The Balaban J connectivity index is 1.54. The van der Waals surface area contributed by atoms with Gasteiger partial charge in [-0.15, -0.1) is 0 Å². The van der Waals surface area contributed by atoms with Crippen LogP contribution in [-0.4, -0.2) is 18.0 Å². The van der Waals surface area contributed by atoms with Crippen LogP contribution < -0.4 is 10.1 Å². The van der Waals surface area contributed by atoms with Crippen molar-refractivity contribution in [1.29, 1.82) is 0 Å². The smallest absolute Gasteiger partial charge is 0.248 e. The van der Waals surface area contributed by atoms with Crippen molar-refractivity contribution >= 4 is 52.0 Å². The number of amides is 1. The van der Waals surface area contributed by atoms with Crippen LogP contribution in [0.15, 0.2) is 65.1 Å². The molecule has 0 aliphatic carbocycles. The molecule has 0 saturated heterocycles. The second-order valence-electron chi connectivity index (χ2n) is 6.51. The van der Waals surface area contributed by atoms with Crippen molar-refractivity contribution in [2.45, 2.75) is 0 Å². The maximum atomic E-state index is 14.0. The number of aromatic nitrogens is 1. The molecule has 0 radical (unpaired) electrons. The van der Waals surface area contributed by atoms with E-state index in [9.17, 15) is 9.18 Å². The summed E-state index contributed by atoms with van der Waals surface area (Å²) in [5.41, 5.74) is 2.30. The number of anilines is 1. The van der Waals surface area contributed by atoms with Crippen LogP contribution in [-0.2, 0) is 4.79 Å². The third-order valence-corrected chi connectivity index (χ3v) is 4.91. The number of methoxy groups -OCH3 is 1. The van der Waals surface area contributed by atoms with E-state index in [2.05, 4.69) is 10.3 Å². The standard InChI is InChI=1S/C23H15Cl2FN2O3/c1-30-22-13(10-14(24)11-17(22)25)6-9-21(29)27-15-7-8-20-19(12-15)28-23(31-20)16-4-2-3-5-18(16)26/h2-12H,1H3,(H,27,29)/b9-6+. The van der Waals surface area contributed by atoms with Crippen molar-refractivity contribution in [3.63, 3.8) is 0 Å². The van der Waals surface area contributed by atoms with Crippen molar-refractivity contribution in [3.8, 4) is 17.2 Å². The fraction of sp³-hybridized carbons (Fsp3) is 0.0435. The van der Waals surface area contributed by atoms with E-state index in [0.717, 1.165) is 0 Å². The number of carbonyl (C=O) groups excluding carboxylic acids is 1. The van der Waals surface area contributed by atoms with Crippen LogP contribution in [0.25, 0.3) is 28.6 Å². The first-order valence-corrected chi connectivity index (χ1v) is 9.88. The molecule has 1 amide bonds. The van der Waals surface area contributed by atoms with E-state index in [4.69, 9.17) is 32.4 Å².